The van der Waals surface area contributed by atoms with Gasteiger partial charge in [0.25, 0.3) is 0 Å². The maximum Gasteiger partial charge on any atom is 0.0384 e. The van der Waals surface area contributed by atoms with E-state index in [0.29, 0.717) is 0 Å². The number of hydrogen-bond donors (Lipinski definition) is 0. The van der Waals surface area contributed by atoms with E-state index in [4.69, 9.17) is 0 Å². The van der Waals surface area contributed by atoms with Crippen molar-refractivity contribution in [2.24, 2.45) is 16.8 Å². The smallest absolute Gasteiger partial charge is 0.0384 e. The molecule has 1 rings (SSSR count). The lowest BCUT2D eigenvalue weighted by molar-refractivity contribution is 0.350. The van der Waals surface area contributed by atoms with Crippen LogP contribution in [0.15, 0.2) is 4.99 Å². The van der Waals surface area contributed by atoms with Crippen LogP contribution in [0.5, 0.6) is 0 Å². The summed E-state index contributed by atoms with van der Waals surface area (Å²) in [5, 5.41) is 0. The van der Waals surface area contributed by atoms with Crippen LogP contribution in [0.4, 0.5) is 0 Å². The molecule has 11 heavy (non-hydrogen) atoms. The summed E-state index contributed by atoms with van der Waals surface area (Å²) in [5.41, 5.74) is 0. The number of aliphatic imine (C=N–C) groups is 1. The Bertz CT molecular complexity index is 114. The molecule has 0 bridgehead atoms. The first-order valence-corrected chi connectivity index (χ1v) is 4.77. The summed E-state index contributed by atoms with van der Waals surface area (Å²) >= 11 is 0. The molecule has 0 aromatic carbocycles. The first kappa shape index (κ1) is 8.76. The van der Waals surface area contributed by atoms with Crippen molar-refractivity contribution in [3.05, 3.63) is 0 Å². The van der Waals surface area contributed by atoms with Gasteiger partial charge in [0, 0.05) is 6.54 Å². The second-order valence-electron chi connectivity index (χ2n) is 3.76. The van der Waals surface area contributed by atoms with Gasteiger partial charge in [-0.25, -0.2) is 0 Å². The molecule has 0 aromatic rings. The van der Waals surface area contributed by atoms with Crippen molar-refractivity contribution in [2.45, 2.75) is 39.0 Å². The third-order valence-electron chi connectivity index (χ3n) is 2.95. The molecule has 1 fully saturated rings. The highest BCUT2D eigenvalue weighted by Crippen LogP contribution is 2.32. The van der Waals surface area contributed by atoms with Crippen LogP contribution in [0.1, 0.15) is 39.0 Å². The minimum atomic E-state index is 0.878. The minimum absolute atomic E-state index is 0.878. The average Bonchev–Trinajstić information content (AvgIpc) is 2.52. The van der Waals surface area contributed by atoms with Gasteiger partial charge in [0.05, 0.1) is 0 Å². The van der Waals surface area contributed by atoms with E-state index in [1.54, 1.807) is 0 Å². The van der Waals surface area contributed by atoms with Crippen LogP contribution in [0, 0.1) is 11.8 Å². The number of rotatable bonds is 4. The van der Waals surface area contributed by atoms with E-state index in [9.17, 15) is 0 Å². The molecule has 64 valence electrons. The van der Waals surface area contributed by atoms with Gasteiger partial charge in [0.1, 0.15) is 0 Å². The molecule has 0 heterocycles. The van der Waals surface area contributed by atoms with Gasteiger partial charge in [-0.3, -0.25) is 0 Å². The highest BCUT2D eigenvalue weighted by atomic mass is 14.7. The maximum absolute atomic E-state index is 3.90. The Kier molecular flexibility index (Phi) is 3.61. The predicted octanol–water partition coefficient (Wildman–Crippen LogP) is 2.90. The second-order valence-corrected chi connectivity index (χ2v) is 3.76. The lowest BCUT2D eigenvalue weighted by Gasteiger charge is -2.16. The lowest BCUT2D eigenvalue weighted by atomic mass is 9.90. The molecule has 0 aromatic heterocycles. The Balaban J connectivity index is 2.16. The number of nitrogens with zero attached hydrogens (tertiary/aromatic N) is 1. The van der Waals surface area contributed by atoms with Crippen molar-refractivity contribution in [3.63, 3.8) is 0 Å². The molecule has 1 aliphatic carbocycles. The van der Waals surface area contributed by atoms with Crippen LogP contribution in [0.3, 0.4) is 0 Å². The van der Waals surface area contributed by atoms with Crippen molar-refractivity contribution < 1.29 is 0 Å². The molecule has 0 spiro atoms. The average molecular weight is 153 g/mol. The van der Waals surface area contributed by atoms with Gasteiger partial charge in [0.2, 0.25) is 0 Å². The molecule has 0 saturated heterocycles. The van der Waals surface area contributed by atoms with Crippen LogP contribution < -0.4 is 0 Å². The molecule has 1 heteroatoms. The van der Waals surface area contributed by atoms with E-state index in [0.717, 1.165) is 18.4 Å². The summed E-state index contributed by atoms with van der Waals surface area (Å²) in [6.07, 6.45) is 7.07. The molecule has 1 nitrogen and oxygen atoms in total. The summed E-state index contributed by atoms with van der Waals surface area (Å²) < 4.78 is 0. The van der Waals surface area contributed by atoms with Gasteiger partial charge in [-0.1, -0.05) is 32.6 Å². The predicted molar refractivity (Wildman–Crippen MR) is 50.2 cm³/mol. The molecular formula is C10H19N. The summed E-state index contributed by atoms with van der Waals surface area (Å²) in [6.45, 7) is 6.83. The quantitative estimate of drug-likeness (QED) is 0.551. The van der Waals surface area contributed by atoms with Crippen molar-refractivity contribution in [1.29, 1.82) is 0 Å². The van der Waals surface area contributed by atoms with Gasteiger partial charge in [-0.15, -0.1) is 0 Å². The van der Waals surface area contributed by atoms with Crippen molar-refractivity contribution >= 4 is 6.72 Å². The maximum atomic E-state index is 3.90. The van der Waals surface area contributed by atoms with Gasteiger partial charge >= 0.3 is 0 Å². The molecule has 1 aliphatic rings. The zero-order valence-electron chi connectivity index (χ0n) is 7.55. The van der Waals surface area contributed by atoms with E-state index in [1.165, 1.54) is 32.1 Å². The summed E-state index contributed by atoms with van der Waals surface area (Å²) in [7, 11) is 0. The summed E-state index contributed by atoms with van der Waals surface area (Å²) in [6, 6.07) is 0. The summed E-state index contributed by atoms with van der Waals surface area (Å²) in [4.78, 5) is 3.90. The fraction of sp³-hybridized carbons (Fsp3) is 0.900. The third kappa shape index (κ3) is 2.64. The van der Waals surface area contributed by atoms with Crippen LogP contribution in [0.2, 0.25) is 0 Å². The topological polar surface area (TPSA) is 12.4 Å². The van der Waals surface area contributed by atoms with Crippen molar-refractivity contribution in [2.75, 3.05) is 6.54 Å². The second kappa shape index (κ2) is 4.53. The van der Waals surface area contributed by atoms with Crippen LogP contribution >= 0.6 is 0 Å². The molecule has 1 atom stereocenters. The zero-order chi connectivity index (χ0) is 8.10. The Morgan fingerprint density at radius 3 is 2.64 bits per heavy atom. The Morgan fingerprint density at radius 1 is 1.45 bits per heavy atom. The van der Waals surface area contributed by atoms with E-state index >= 15 is 0 Å². The fourth-order valence-electron chi connectivity index (χ4n) is 2.06. The molecule has 1 unspecified atom stereocenters. The van der Waals surface area contributed by atoms with Crippen LogP contribution in [-0.2, 0) is 0 Å². The SMILES string of the molecule is C=NCCC(C)C1CCCC1. The summed E-state index contributed by atoms with van der Waals surface area (Å²) in [5.74, 6) is 1.87. The molecule has 0 aliphatic heterocycles. The van der Waals surface area contributed by atoms with Gasteiger partial charge in [0.15, 0.2) is 0 Å². The number of hydrogen-bond acceptors (Lipinski definition) is 1. The lowest BCUT2D eigenvalue weighted by Crippen LogP contribution is -2.08. The molecule has 0 radical (unpaired) electrons. The Labute approximate surface area is 69.9 Å². The molecular weight excluding hydrogens is 134 g/mol. The third-order valence-corrected chi connectivity index (χ3v) is 2.95. The van der Waals surface area contributed by atoms with E-state index in [2.05, 4.69) is 18.6 Å². The first-order valence-electron chi connectivity index (χ1n) is 4.77. The zero-order valence-corrected chi connectivity index (χ0v) is 7.55. The largest absolute Gasteiger partial charge is 0.301 e. The van der Waals surface area contributed by atoms with E-state index in [1.807, 2.05) is 0 Å². The Hall–Kier alpha value is -0.330. The highest BCUT2D eigenvalue weighted by Gasteiger charge is 2.20. The van der Waals surface area contributed by atoms with Crippen molar-refractivity contribution in [1.82, 2.24) is 0 Å². The first-order chi connectivity index (χ1) is 5.34. The fourth-order valence-corrected chi connectivity index (χ4v) is 2.06. The van der Waals surface area contributed by atoms with Crippen molar-refractivity contribution in [3.8, 4) is 0 Å². The highest BCUT2D eigenvalue weighted by molar-refractivity contribution is 5.23. The Morgan fingerprint density at radius 2 is 2.09 bits per heavy atom. The molecule has 1 saturated carbocycles. The normalized spacial score (nSPS) is 21.9. The minimum Gasteiger partial charge on any atom is -0.301 e. The van der Waals surface area contributed by atoms with Gasteiger partial charge in [-0.05, 0) is 25.0 Å². The van der Waals surface area contributed by atoms with Crippen LogP contribution in [0.25, 0.3) is 0 Å². The van der Waals surface area contributed by atoms with E-state index in [-0.39, 0.29) is 0 Å². The molecule has 0 amide bonds. The standard InChI is InChI=1S/C10H19N/c1-9(7-8-11-2)10-5-3-4-6-10/h9-10H,2-8H2,1H3. The van der Waals surface area contributed by atoms with E-state index < -0.39 is 0 Å². The van der Waals surface area contributed by atoms with Gasteiger partial charge in [-0.2, -0.15) is 0 Å². The van der Waals surface area contributed by atoms with Crippen LogP contribution in [-0.4, -0.2) is 13.3 Å². The molecule has 0 N–H and O–H groups in total. The van der Waals surface area contributed by atoms with Gasteiger partial charge < -0.3 is 4.99 Å². The monoisotopic (exact) mass is 153 g/mol.